The Kier molecular flexibility index (Phi) is 4.68. The molecule has 11 heteroatoms. The molecule has 0 saturated carbocycles. The van der Waals surface area contributed by atoms with Gasteiger partial charge in [-0.15, -0.1) is 0 Å². The molecule has 25 heavy (non-hydrogen) atoms. The minimum Gasteiger partial charge on any atom is -0.478 e. The number of para-hydroxylation sites is 1. The fourth-order valence-corrected chi connectivity index (χ4v) is 2.23. The number of carbonyl (C=O) groups is 2. The van der Waals surface area contributed by atoms with E-state index in [1.165, 1.54) is 0 Å². The minimum atomic E-state index is -3.49. The van der Waals surface area contributed by atoms with E-state index in [4.69, 9.17) is 5.73 Å². The third-order valence-corrected chi connectivity index (χ3v) is 3.12. The van der Waals surface area contributed by atoms with E-state index in [0.29, 0.717) is 0 Å². The third kappa shape index (κ3) is 3.24. The first-order chi connectivity index (χ1) is 11.6. The number of nitrogens with one attached hydrogen (secondary N) is 1. The van der Waals surface area contributed by atoms with Crippen molar-refractivity contribution < 1.29 is 37.7 Å². The molecule has 0 saturated heterocycles. The number of carboxylic acid groups (broad SMARTS) is 2. The number of H-pyrrole nitrogens is 1. The van der Waals surface area contributed by atoms with Crippen LogP contribution in [0.2, 0.25) is 0 Å². The lowest BCUT2D eigenvalue weighted by Crippen LogP contribution is -2.24. The van der Waals surface area contributed by atoms with Crippen LogP contribution >= 0.6 is 0 Å². The number of anilines is 1. The van der Waals surface area contributed by atoms with Gasteiger partial charge in [0.05, 0.1) is 0 Å². The quantitative estimate of drug-likeness (QED) is 0.638. The van der Waals surface area contributed by atoms with Gasteiger partial charge in [-0.3, -0.25) is 4.79 Å². The SMILES string of the molecule is Nc1[nH]c(=O)c(C(=O)O)c(-c2cccc(F)c2OC(F)F)c1C(=O)O. The standard InChI is InChI=1S/C14H9F3N2O6/c15-5-3-1-2-4(9(5)25-14(16)17)6-7(12(21)22)10(18)19-11(20)8(6)13(23)24/h1-3,14H,(H,21,22)(H,23,24)(H3,18,19,20). The minimum absolute atomic E-state index is 0.673. The molecule has 0 radical (unpaired) electrons. The Morgan fingerprint density at radius 3 is 2.28 bits per heavy atom. The molecule has 0 fully saturated rings. The molecular formula is C14H9F3N2O6. The number of alkyl halides is 2. The highest BCUT2D eigenvalue weighted by molar-refractivity contribution is 6.08. The number of rotatable bonds is 5. The second kappa shape index (κ2) is 6.55. The van der Waals surface area contributed by atoms with E-state index in [-0.39, 0.29) is 0 Å². The molecule has 8 nitrogen and oxygen atoms in total. The molecule has 0 unspecified atom stereocenters. The number of ether oxygens (including phenoxy) is 1. The largest absolute Gasteiger partial charge is 0.478 e. The first-order valence-electron chi connectivity index (χ1n) is 6.41. The van der Waals surface area contributed by atoms with E-state index in [2.05, 4.69) is 4.74 Å². The summed E-state index contributed by atoms with van der Waals surface area (Å²) in [5, 5.41) is 18.5. The van der Waals surface area contributed by atoms with E-state index >= 15 is 0 Å². The predicted octanol–water partition coefficient (Wildman–Crippen LogP) is 1.76. The Morgan fingerprint density at radius 2 is 1.76 bits per heavy atom. The van der Waals surface area contributed by atoms with Gasteiger partial charge in [0, 0.05) is 11.1 Å². The summed E-state index contributed by atoms with van der Waals surface area (Å²) in [5.74, 6) is -6.80. The fraction of sp³-hybridized carbons (Fsp3) is 0.0714. The van der Waals surface area contributed by atoms with Gasteiger partial charge in [0.2, 0.25) is 0 Å². The number of hydrogen-bond acceptors (Lipinski definition) is 5. The monoisotopic (exact) mass is 358 g/mol. The third-order valence-electron chi connectivity index (χ3n) is 3.12. The van der Waals surface area contributed by atoms with Crippen molar-refractivity contribution in [1.82, 2.24) is 4.98 Å². The van der Waals surface area contributed by atoms with E-state index in [1.54, 1.807) is 0 Å². The summed E-state index contributed by atoms with van der Waals surface area (Å²) in [6, 6.07) is 2.66. The van der Waals surface area contributed by atoms with E-state index in [1.807, 2.05) is 4.98 Å². The number of nitrogen functional groups attached to an aromatic ring is 1. The van der Waals surface area contributed by atoms with Gasteiger partial charge in [-0.05, 0) is 6.07 Å². The zero-order chi connectivity index (χ0) is 18.9. The Labute approximate surface area is 136 Å². The predicted molar refractivity (Wildman–Crippen MR) is 77.4 cm³/mol. The average molecular weight is 358 g/mol. The number of aromatic carboxylic acids is 2. The molecule has 0 aliphatic heterocycles. The first-order valence-corrected chi connectivity index (χ1v) is 6.41. The highest BCUT2D eigenvalue weighted by atomic mass is 19.3. The number of halogens is 3. The lowest BCUT2D eigenvalue weighted by molar-refractivity contribution is -0.0517. The van der Waals surface area contributed by atoms with Crippen LogP contribution in [0.5, 0.6) is 5.75 Å². The van der Waals surface area contributed by atoms with Crippen molar-refractivity contribution in [2.45, 2.75) is 6.61 Å². The molecule has 0 amide bonds. The first kappa shape index (κ1) is 17.8. The zero-order valence-corrected chi connectivity index (χ0v) is 12.0. The number of aromatic nitrogens is 1. The Bertz CT molecular complexity index is 926. The van der Waals surface area contributed by atoms with Gasteiger partial charge in [-0.2, -0.15) is 8.78 Å². The molecule has 5 N–H and O–H groups in total. The van der Waals surface area contributed by atoms with Crippen LogP contribution < -0.4 is 16.0 Å². The fourth-order valence-electron chi connectivity index (χ4n) is 2.23. The van der Waals surface area contributed by atoms with E-state index < -0.39 is 63.7 Å². The second-order valence-electron chi connectivity index (χ2n) is 4.60. The van der Waals surface area contributed by atoms with Crippen molar-refractivity contribution in [2.24, 2.45) is 0 Å². The summed E-state index contributed by atoms with van der Waals surface area (Å²) in [6.45, 7) is -3.49. The van der Waals surface area contributed by atoms with Gasteiger partial charge < -0.3 is 25.7 Å². The molecule has 2 aromatic rings. The van der Waals surface area contributed by atoms with Crippen LogP contribution in [-0.2, 0) is 0 Å². The van der Waals surface area contributed by atoms with Gasteiger partial charge in [-0.1, -0.05) is 12.1 Å². The maximum Gasteiger partial charge on any atom is 0.387 e. The van der Waals surface area contributed by atoms with Crippen molar-refractivity contribution in [1.29, 1.82) is 0 Å². The summed E-state index contributed by atoms with van der Waals surface area (Å²) in [5.41, 5.74) is 0.573. The van der Waals surface area contributed by atoms with Gasteiger partial charge in [0.1, 0.15) is 16.9 Å². The lowest BCUT2D eigenvalue weighted by Gasteiger charge is -2.16. The number of benzene rings is 1. The molecular weight excluding hydrogens is 349 g/mol. The molecule has 2 rings (SSSR count). The average Bonchev–Trinajstić information content (AvgIpc) is 2.47. The summed E-state index contributed by atoms with van der Waals surface area (Å²) in [4.78, 5) is 36.5. The van der Waals surface area contributed by atoms with Gasteiger partial charge in [0.25, 0.3) is 5.56 Å². The molecule has 0 aliphatic carbocycles. The normalized spacial score (nSPS) is 10.7. The van der Waals surface area contributed by atoms with Crippen molar-refractivity contribution in [2.75, 3.05) is 5.73 Å². The molecule has 1 heterocycles. The van der Waals surface area contributed by atoms with Gasteiger partial charge >= 0.3 is 18.6 Å². The van der Waals surface area contributed by atoms with E-state index in [9.17, 15) is 37.8 Å². The Balaban J connectivity index is 3.02. The zero-order valence-electron chi connectivity index (χ0n) is 12.0. The van der Waals surface area contributed by atoms with E-state index in [0.717, 1.165) is 18.2 Å². The summed E-state index contributed by atoms with van der Waals surface area (Å²) in [7, 11) is 0. The van der Waals surface area contributed by atoms with Crippen LogP contribution in [0.25, 0.3) is 11.1 Å². The lowest BCUT2D eigenvalue weighted by atomic mass is 9.94. The van der Waals surface area contributed by atoms with Crippen molar-refractivity contribution >= 4 is 17.8 Å². The maximum atomic E-state index is 13.9. The summed E-state index contributed by atoms with van der Waals surface area (Å²) in [6.07, 6.45) is 0. The van der Waals surface area contributed by atoms with Crippen molar-refractivity contribution in [3.63, 3.8) is 0 Å². The summed E-state index contributed by atoms with van der Waals surface area (Å²) < 4.78 is 43.0. The smallest absolute Gasteiger partial charge is 0.387 e. The highest BCUT2D eigenvalue weighted by Gasteiger charge is 2.29. The molecule has 0 spiro atoms. The molecule has 1 aromatic carbocycles. The van der Waals surface area contributed by atoms with Crippen LogP contribution in [0.3, 0.4) is 0 Å². The molecule has 132 valence electrons. The molecule has 0 bridgehead atoms. The topological polar surface area (TPSA) is 143 Å². The molecule has 0 atom stereocenters. The molecule has 1 aromatic heterocycles. The van der Waals surface area contributed by atoms with Crippen LogP contribution in [0.4, 0.5) is 19.0 Å². The van der Waals surface area contributed by atoms with Crippen LogP contribution in [0.1, 0.15) is 20.7 Å². The second-order valence-corrected chi connectivity index (χ2v) is 4.60. The molecule has 0 aliphatic rings. The Morgan fingerprint density at radius 1 is 1.16 bits per heavy atom. The van der Waals surface area contributed by atoms with Gasteiger partial charge in [0.15, 0.2) is 11.6 Å². The number of aromatic amines is 1. The van der Waals surface area contributed by atoms with Crippen molar-refractivity contribution in [3.8, 4) is 16.9 Å². The van der Waals surface area contributed by atoms with Crippen molar-refractivity contribution in [3.05, 3.63) is 45.5 Å². The Hall–Kier alpha value is -3.50. The number of hydrogen-bond donors (Lipinski definition) is 4. The van der Waals surface area contributed by atoms with Crippen LogP contribution in [0.15, 0.2) is 23.0 Å². The number of nitrogens with two attached hydrogens (primary N) is 1. The number of pyridine rings is 1. The van der Waals surface area contributed by atoms with Crippen LogP contribution in [-0.4, -0.2) is 33.7 Å². The number of carboxylic acids is 2. The highest BCUT2D eigenvalue weighted by Crippen LogP contribution is 2.38. The summed E-state index contributed by atoms with van der Waals surface area (Å²) >= 11 is 0. The van der Waals surface area contributed by atoms with Gasteiger partial charge in [-0.25, -0.2) is 14.0 Å². The maximum absolute atomic E-state index is 13.9. The van der Waals surface area contributed by atoms with Crippen LogP contribution in [0, 0.1) is 5.82 Å².